The van der Waals surface area contributed by atoms with Crippen LogP contribution in [0, 0.1) is 6.92 Å². The van der Waals surface area contributed by atoms with Gasteiger partial charge in [-0.3, -0.25) is 0 Å². The van der Waals surface area contributed by atoms with Gasteiger partial charge in [-0.1, -0.05) is 54.1 Å². The average molecular weight is 888 g/mol. The number of alkyl halides is 3. The summed E-state index contributed by atoms with van der Waals surface area (Å²) in [5, 5.41) is 6.86. The van der Waals surface area contributed by atoms with Gasteiger partial charge in [0.05, 0.1) is 54.4 Å². The fraction of sp³-hybridized carbons (Fsp3) is 0.245. The number of benzene rings is 4. The maximum atomic E-state index is 15.3. The van der Waals surface area contributed by atoms with Crippen LogP contribution in [-0.2, 0) is 31.3 Å². The van der Waals surface area contributed by atoms with Gasteiger partial charge >= 0.3 is 6.18 Å². The zero-order valence-electron chi connectivity index (χ0n) is 35.6. The van der Waals surface area contributed by atoms with Crippen LogP contribution in [0.15, 0.2) is 121 Å². The number of halogens is 4. The van der Waals surface area contributed by atoms with E-state index in [-0.39, 0.29) is 34.3 Å². The number of rotatable bonds is 14. The van der Waals surface area contributed by atoms with Crippen molar-refractivity contribution in [1.82, 2.24) is 14.9 Å². The Morgan fingerprint density at radius 2 is 1.47 bits per heavy atom. The van der Waals surface area contributed by atoms with E-state index in [0.29, 0.717) is 54.0 Å². The summed E-state index contributed by atoms with van der Waals surface area (Å²) in [4.78, 5) is 18.6. The van der Waals surface area contributed by atoms with Crippen molar-refractivity contribution < 1.29 is 32.1 Å². The summed E-state index contributed by atoms with van der Waals surface area (Å²) in [6.07, 6.45) is 1.93. The first-order chi connectivity index (χ1) is 31.0. The standard InChI is InChI=1S/C49H45ClF3N7O4/c1-30-24-40(59(27-32-9-15-35(62-3)16-10-32)28-33-11-17-36(63-4)18-12-33)58-44(42(30)49(51,52)53)37-25-39-41-45(43(37)50)56-29-57-47(41)60(22-23-64-39)48(19-20-48)38-6-5-21-54-46(38)55-26-31-7-13-34(61-2)14-8-31/h5-18,21-25,56H,19-20,26-29H2,1-4H3,(H,54,55). The predicted molar refractivity (Wildman–Crippen MR) is 242 cm³/mol. The Labute approximate surface area is 374 Å². The van der Waals surface area contributed by atoms with Gasteiger partial charge in [0.15, 0.2) is 0 Å². The molecule has 0 unspecified atom stereocenters. The van der Waals surface area contributed by atoms with Crippen LogP contribution in [0.3, 0.4) is 0 Å². The molecule has 4 heterocycles. The van der Waals surface area contributed by atoms with Gasteiger partial charge in [-0.05, 0) is 96.6 Å². The number of anilines is 3. The number of methoxy groups -OCH3 is 3. The minimum Gasteiger partial charge on any atom is -0.497 e. The van der Waals surface area contributed by atoms with E-state index in [1.54, 1.807) is 39.9 Å². The van der Waals surface area contributed by atoms with Crippen molar-refractivity contribution >= 4 is 34.8 Å². The molecule has 64 heavy (non-hydrogen) atoms. The quantitative estimate of drug-likeness (QED) is 0.110. The second-order valence-electron chi connectivity index (χ2n) is 15.8. The zero-order chi connectivity index (χ0) is 44.6. The molecule has 0 radical (unpaired) electrons. The van der Waals surface area contributed by atoms with Gasteiger partial charge in [-0.2, -0.15) is 13.2 Å². The third-order valence-electron chi connectivity index (χ3n) is 11.8. The molecule has 0 spiro atoms. The first kappa shape index (κ1) is 42.4. The predicted octanol–water partition coefficient (Wildman–Crippen LogP) is 11.0. The summed E-state index contributed by atoms with van der Waals surface area (Å²) in [5.41, 5.74) is 3.10. The highest BCUT2D eigenvalue weighted by Gasteiger charge is 2.53. The lowest BCUT2D eigenvalue weighted by molar-refractivity contribution is -0.137. The smallest absolute Gasteiger partial charge is 0.418 e. The molecule has 2 N–H and O–H groups in total. The van der Waals surface area contributed by atoms with Crippen LogP contribution in [0.1, 0.15) is 51.8 Å². The Bertz CT molecular complexity index is 2690. The summed E-state index contributed by atoms with van der Waals surface area (Å²) in [6.45, 7) is 2.77. The molecule has 2 aromatic heterocycles. The van der Waals surface area contributed by atoms with Gasteiger partial charge in [-0.25, -0.2) is 15.0 Å². The zero-order valence-corrected chi connectivity index (χ0v) is 36.3. The SMILES string of the molecule is COc1ccc(CNc2ncccc2C2(N3C=COc4cc(-c5nc(N(Cc6ccc(OC)cc6)Cc6ccc(OC)cc6)cc(C)c5C(F)(F)F)c(Cl)c5c4C3=NCN5)CC2)cc1. The molecule has 15 heteroatoms. The van der Waals surface area contributed by atoms with Crippen molar-refractivity contribution in [3.8, 4) is 34.3 Å². The van der Waals surface area contributed by atoms with Crippen molar-refractivity contribution in [2.75, 3.05) is 43.5 Å². The number of nitrogens with zero attached hydrogens (tertiary/aromatic N) is 5. The molecule has 2 aliphatic heterocycles. The molecule has 0 amide bonds. The third kappa shape index (κ3) is 8.21. The molecule has 9 rings (SSSR count). The van der Waals surface area contributed by atoms with E-state index < -0.39 is 17.3 Å². The van der Waals surface area contributed by atoms with E-state index in [0.717, 1.165) is 46.7 Å². The molecule has 0 atom stereocenters. The normalized spacial score (nSPS) is 14.6. The van der Waals surface area contributed by atoms with Crippen molar-refractivity contribution in [2.45, 2.75) is 51.1 Å². The first-order valence-corrected chi connectivity index (χ1v) is 21.1. The second-order valence-corrected chi connectivity index (χ2v) is 16.2. The lowest BCUT2D eigenvalue weighted by Gasteiger charge is -2.35. The number of ether oxygens (including phenoxy) is 4. The molecule has 4 aromatic carbocycles. The lowest BCUT2D eigenvalue weighted by Crippen LogP contribution is -2.39. The van der Waals surface area contributed by atoms with Gasteiger partial charge in [0.1, 0.15) is 53.4 Å². The summed E-state index contributed by atoms with van der Waals surface area (Å²) in [7, 11) is 4.82. The van der Waals surface area contributed by atoms with E-state index in [1.165, 1.54) is 13.0 Å². The summed E-state index contributed by atoms with van der Waals surface area (Å²) in [6, 6.07) is 29.9. The van der Waals surface area contributed by atoms with Crippen LogP contribution in [0.25, 0.3) is 11.3 Å². The van der Waals surface area contributed by atoms with Crippen LogP contribution < -0.4 is 34.5 Å². The van der Waals surface area contributed by atoms with Crippen LogP contribution in [-0.4, -0.2) is 48.7 Å². The Morgan fingerprint density at radius 1 is 0.859 bits per heavy atom. The number of hydrogen-bond acceptors (Lipinski definition) is 11. The minimum atomic E-state index is -4.77. The van der Waals surface area contributed by atoms with Crippen LogP contribution in [0.5, 0.6) is 23.0 Å². The highest BCUT2D eigenvalue weighted by Crippen LogP contribution is 2.56. The Hall–Kier alpha value is -6.93. The second kappa shape index (κ2) is 17.3. The van der Waals surface area contributed by atoms with Crippen molar-refractivity contribution in [1.29, 1.82) is 0 Å². The Kier molecular flexibility index (Phi) is 11.5. The number of hydrogen-bond donors (Lipinski definition) is 2. The molecule has 1 aliphatic carbocycles. The fourth-order valence-corrected chi connectivity index (χ4v) is 8.74. The maximum Gasteiger partial charge on any atom is 0.418 e. The molecule has 1 fully saturated rings. The summed E-state index contributed by atoms with van der Waals surface area (Å²) < 4.78 is 68.3. The third-order valence-corrected chi connectivity index (χ3v) is 12.2. The lowest BCUT2D eigenvalue weighted by atomic mass is 9.96. The number of pyridine rings is 2. The molecule has 0 saturated heterocycles. The van der Waals surface area contributed by atoms with Gasteiger partial charge in [0.25, 0.3) is 0 Å². The van der Waals surface area contributed by atoms with Crippen LogP contribution >= 0.6 is 11.6 Å². The molecule has 328 valence electrons. The molecule has 3 aliphatic rings. The monoisotopic (exact) mass is 887 g/mol. The number of aryl methyl sites for hydroxylation is 1. The van der Waals surface area contributed by atoms with Gasteiger partial charge in [0, 0.05) is 43.2 Å². The summed E-state index contributed by atoms with van der Waals surface area (Å²) in [5.74, 6) is 4.07. The van der Waals surface area contributed by atoms with E-state index in [4.69, 9.17) is 45.5 Å². The topological polar surface area (TPSA) is 106 Å². The largest absolute Gasteiger partial charge is 0.497 e. The molecular weight excluding hydrogens is 843 g/mol. The average Bonchev–Trinajstić information content (AvgIpc) is 4.14. The van der Waals surface area contributed by atoms with Gasteiger partial charge in [0.2, 0.25) is 0 Å². The first-order valence-electron chi connectivity index (χ1n) is 20.7. The minimum absolute atomic E-state index is 0.00707. The van der Waals surface area contributed by atoms with Crippen molar-refractivity contribution in [3.63, 3.8) is 0 Å². The maximum absolute atomic E-state index is 15.3. The number of nitrogens with one attached hydrogen (secondary N) is 2. The van der Waals surface area contributed by atoms with Crippen LogP contribution in [0.4, 0.5) is 30.5 Å². The number of aliphatic imine (C=N–C) groups is 1. The van der Waals surface area contributed by atoms with Crippen LogP contribution in [0.2, 0.25) is 5.02 Å². The van der Waals surface area contributed by atoms with E-state index in [1.807, 2.05) is 90.0 Å². The van der Waals surface area contributed by atoms with E-state index in [9.17, 15) is 0 Å². The van der Waals surface area contributed by atoms with E-state index >= 15 is 13.2 Å². The van der Waals surface area contributed by atoms with Crippen molar-refractivity contribution in [2.24, 2.45) is 4.99 Å². The van der Waals surface area contributed by atoms with Gasteiger partial charge < -0.3 is 39.4 Å². The number of amidine groups is 1. The molecular formula is C49H45ClF3N7O4. The molecule has 6 aromatic rings. The molecule has 1 saturated carbocycles. The Balaban J connectivity index is 1.10. The molecule has 0 bridgehead atoms. The number of aromatic nitrogens is 2. The highest BCUT2D eigenvalue weighted by atomic mass is 35.5. The van der Waals surface area contributed by atoms with E-state index in [2.05, 4.69) is 21.6 Å². The molecule has 11 nitrogen and oxygen atoms in total. The van der Waals surface area contributed by atoms with Gasteiger partial charge in [-0.15, -0.1) is 0 Å². The van der Waals surface area contributed by atoms with Crippen molar-refractivity contribution in [3.05, 3.63) is 160 Å². The fourth-order valence-electron chi connectivity index (χ4n) is 8.44. The summed E-state index contributed by atoms with van der Waals surface area (Å²) >= 11 is 7.31. The highest BCUT2D eigenvalue weighted by molar-refractivity contribution is 6.37. The Morgan fingerprint density at radius 3 is 2.05 bits per heavy atom.